The number of nitrogens with one attached hydrogen (secondary N) is 1. The van der Waals surface area contributed by atoms with Gasteiger partial charge < -0.3 is 19.7 Å². The zero-order valence-corrected chi connectivity index (χ0v) is 9.07. The largest absolute Gasteiger partial charge is 0.377 e. The maximum atomic E-state index is 12.1. The minimum atomic E-state index is -0.306. The molecule has 2 rings (SSSR count). The zero-order chi connectivity index (χ0) is 10.7. The van der Waals surface area contributed by atoms with Gasteiger partial charge in [0.15, 0.2) is 0 Å². The number of amides is 1. The highest BCUT2D eigenvalue weighted by atomic mass is 16.5. The Balaban J connectivity index is 1.92. The molecule has 2 aliphatic heterocycles. The Morgan fingerprint density at radius 2 is 2.33 bits per heavy atom. The van der Waals surface area contributed by atoms with Crippen LogP contribution in [0, 0.1) is 0 Å². The molecule has 2 saturated heterocycles. The maximum absolute atomic E-state index is 12.1. The monoisotopic (exact) mass is 214 g/mol. The molecular weight excluding hydrogens is 196 g/mol. The topological polar surface area (TPSA) is 50.8 Å². The molecule has 0 spiro atoms. The second kappa shape index (κ2) is 4.92. The third kappa shape index (κ3) is 2.48. The second-order valence-electron chi connectivity index (χ2n) is 4.02. The van der Waals surface area contributed by atoms with Crippen molar-refractivity contribution in [2.24, 2.45) is 0 Å². The highest BCUT2D eigenvalue weighted by molar-refractivity contribution is 5.81. The Labute approximate surface area is 89.7 Å². The molecule has 2 aliphatic rings. The van der Waals surface area contributed by atoms with E-state index >= 15 is 0 Å². The number of nitrogens with zero attached hydrogens (tertiary/aromatic N) is 1. The molecule has 15 heavy (non-hydrogen) atoms. The SMILES string of the molecule is CC1COCCN1C(=O)C1CNCCO1. The predicted octanol–water partition coefficient (Wildman–Crippen LogP) is -0.778. The standard InChI is InChI=1S/C10H18N2O3/c1-8-7-14-5-3-12(8)10(13)9-6-11-2-4-15-9/h8-9,11H,2-7H2,1H3. The van der Waals surface area contributed by atoms with E-state index in [1.165, 1.54) is 0 Å². The van der Waals surface area contributed by atoms with E-state index in [0.717, 1.165) is 6.54 Å². The van der Waals surface area contributed by atoms with Gasteiger partial charge in [-0.25, -0.2) is 0 Å². The summed E-state index contributed by atoms with van der Waals surface area (Å²) in [5, 5.41) is 3.17. The van der Waals surface area contributed by atoms with E-state index in [4.69, 9.17) is 9.47 Å². The van der Waals surface area contributed by atoms with Gasteiger partial charge in [0.2, 0.25) is 0 Å². The molecule has 0 radical (unpaired) electrons. The first kappa shape index (κ1) is 10.9. The number of hydrogen-bond acceptors (Lipinski definition) is 4. The summed E-state index contributed by atoms with van der Waals surface area (Å²) in [6.45, 7) is 6.04. The number of morpholine rings is 2. The van der Waals surface area contributed by atoms with Crippen molar-refractivity contribution in [1.82, 2.24) is 10.2 Å². The minimum absolute atomic E-state index is 0.0954. The molecule has 5 heteroatoms. The molecule has 1 N–H and O–H groups in total. The molecule has 5 nitrogen and oxygen atoms in total. The molecular formula is C10H18N2O3. The van der Waals surface area contributed by atoms with Crippen molar-refractivity contribution in [2.75, 3.05) is 39.5 Å². The van der Waals surface area contributed by atoms with Gasteiger partial charge in [-0.15, -0.1) is 0 Å². The van der Waals surface area contributed by atoms with Crippen LogP contribution in [0.5, 0.6) is 0 Å². The Morgan fingerprint density at radius 1 is 1.47 bits per heavy atom. The molecule has 1 amide bonds. The predicted molar refractivity (Wildman–Crippen MR) is 54.6 cm³/mol. The average molecular weight is 214 g/mol. The number of carbonyl (C=O) groups is 1. The van der Waals surface area contributed by atoms with E-state index in [1.54, 1.807) is 0 Å². The Morgan fingerprint density at radius 3 is 3.00 bits per heavy atom. The van der Waals surface area contributed by atoms with Gasteiger partial charge in [-0.1, -0.05) is 0 Å². The third-order valence-electron chi connectivity index (χ3n) is 2.85. The molecule has 2 unspecified atom stereocenters. The van der Waals surface area contributed by atoms with E-state index in [-0.39, 0.29) is 18.1 Å². The smallest absolute Gasteiger partial charge is 0.253 e. The van der Waals surface area contributed by atoms with E-state index < -0.39 is 0 Å². The third-order valence-corrected chi connectivity index (χ3v) is 2.85. The van der Waals surface area contributed by atoms with Gasteiger partial charge >= 0.3 is 0 Å². The first-order valence-electron chi connectivity index (χ1n) is 5.49. The van der Waals surface area contributed by atoms with Gasteiger partial charge in [0.25, 0.3) is 5.91 Å². The van der Waals surface area contributed by atoms with Crippen LogP contribution in [0.3, 0.4) is 0 Å². The first-order chi connectivity index (χ1) is 7.29. The van der Waals surface area contributed by atoms with Crippen LogP contribution in [0.1, 0.15) is 6.92 Å². The van der Waals surface area contributed by atoms with Crippen molar-refractivity contribution in [1.29, 1.82) is 0 Å². The van der Waals surface area contributed by atoms with E-state index in [0.29, 0.717) is 32.9 Å². The van der Waals surface area contributed by atoms with E-state index in [2.05, 4.69) is 5.32 Å². The fourth-order valence-corrected chi connectivity index (χ4v) is 1.96. The lowest BCUT2D eigenvalue weighted by atomic mass is 10.2. The van der Waals surface area contributed by atoms with Gasteiger partial charge in [-0.05, 0) is 6.92 Å². The van der Waals surface area contributed by atoms with Crippen LogP contribution in [-0.4, -0.2) is 62.4 Å². The summed E-state index contributed by atoms with van der Waals surface area (Å²) in [6.07, 6.45) is -0.306. The first-order valence-corrected chi connectivity index (χ1v) is 5.49. The summed E-state index contributed by atoms with van der Waals surface area (Å²) < 4.78 is 10.7. The second-order valence-corrected chi connectivity index (χ2v) is 4.02. The number of ether oxygens (including phenoxy) is 2. The number of hydrogen-bond donors (Lipinski definition) is 1. The molecule has 2 fully saturated rings. The number of carbonyl (C=O) groups excluding carboxylic acids is 1. The lowest BCUT2D eigenvalue weighted by Gasteiger charge is -2.36. The van der Waals surface area contributed by atoms with Crippen LogP contribution in [0.25, 0.3) is 0 Å². The quantitative estimate of drug-likeness (QED) is 0.622. The van der Waals surface area contributed by atoms with E-state index in [9.17, 15) is 4.79 Å². The fourth-order valence-electron chi connectivity index (χ4n) is 1.96. The van der Waals surface area contributed by atoms with Gasteiger partial charge in [-0.2, -0.15) is 0 Å². The van der Waals surface area contributed by atoms with Gasteiger partial charge in [-0.3, -0.25) is 4.79 Å². The normalized spacial score (nSPS) is 32.7. The van der Waals surface area contributed by atoms with Crippen molar-refractivity contribution in [3.8, 4) is 0 Å². The van der Waals surface area contributed by atoms with Gasteiger partial charge in [0.1, 0.15) is 6.10 Å². The molecule has 0 aliphatic carbocycles. The summed E-state index contributed by atoms with van der Waals surface area (Å²) >= 11 is 0. The molecule has 2 heterocycles. The Hall–Kier alpha value is -0.650. The van der Waals surface area contributed by atoms with Crippen LogP contribution in [0.2, 0.25) is 0 Å². The van der Waals surface area contributed by atoms with Gasteiger partial charge in [0, 0.05) is 19.6 Å². The average Bonchev–Trinajstić information content (AvgIpc) is 2.30. The summed E-state index contributed by atoms with van der Waals surface area (Å²) in [4.78, 5) is 13.9. The van der Waals surface area contributed by atoms with Crippen LogP contribution < -0.4 is 5.32 Å². The van der Waals surface area contributed by atoms with Crippen LogP contribution in [0.4, 0.5) is 0 Å². The van der Waals surface area contributed by atoms with Crippen LogP contribution in [0.15, 0.2) is 0 Å². The summed E-state index contributed by atoms with van der Waals surface area (Å²) in [7, 11) is 0. The zero-order valence-electron chi connectivity index (χ0n) is 9.07. The molecule has 0 aromatic rings. The maximum Gasteiger partial charge on any atom is 0.253 e. The molecule has 0 aromatic carbocycles. The summed E-state index contributed by atoms with van der Waals surface area (Å²) in [5.41, 5.74) is 0. The van der Waals surface area contributed by atoms with E-state index in [1.807, 2.05) is 11.8 Å². The van der Waals surface area contributed by atoms with Crippen molar-refractivity contribution in [3.63, 3.8) is 0 Å². The van der Waals surface area contributed by atoms with Crippen molar-refractivity contribution < 1.29 is 14.3 Å². The lowest BCUT2D eigenvalue weighted by Crippen LogP contribution is -2.55. The van der Waals surface area contributed by atoms with Gasteiger partial charge in [0.05, 0.1) is 25.9 Å². The highest BCUT2D eigenvalue weighted by Gasteiger charge is 2.31. The Bertz CT molecular complexity index is 229. The summed E-state index contributed by atoms with van der Waals surface area (Å²) in [6, 6.07) is 0.164. The number of rotatable bonds is 1. The molecule has 0 saturated carbocycles. The lowest BCUT2D eigenvalue weighted by molar-refractivity contribution is -0.153. The van der Waals surface area contributed by atoms with Crippen molar-refractivity contribution >= 4 is 5.91 Å². The molecule has 86 valence electrons. The van der Waals surface area contributed by atoms with Crippen molar-refractivity contribution in [3.05, 3.63) is 0 Å². The van der Waals surface area contributed by atoms with Crippen molar-refractivity contribution in [2.45, 2.75) is 19.1 Å². The van der Waals surface area contributed by atoms with Crippen LogP contribution in [-0.2, 0) is 14.3 Å². The minimum Gasteiger partial charge on any atom is -0.377 e. The fraction of sp³-hybridized carbons (Fsp3) is 0.900. The Kier molecular flexibility index (Phi) is 3.56. The molecule has 0 aromatic heterocycles. The van der Waals surface area contributed by atoms with Crippen LogP contribution >= 0.6 is 0 Å². The molecule has 2 atom stereocenters. The summed E-state index contributed by atoms with van der Waals surface area (Å²) in [5.74, 6) is 0.0954. The molecule has 0 bridgehead atoms. The highest BCUT2D eigenvalue weighted by Crippen LogP contribution is 2.10.